The fourth-order valence-corrected chi connectivity index (χ4v) is 2.70. The molecule has 3 rings (SSSR count). The van der Waals surface area contributed by atoms with Crippen LogP contribution in [0.3, 0.4) is 0 Å². The maximum atomic E-state index is 13.9. The Kier molecular flexibility index (Phi) is 3.19. The molecule has 0 bridgehead atoms. The molecule has 21 heavy (non-hydrogen) atoms. The number of amides is 1. The van der Waals surface area contributed by atoms with Gasteiger partial charge in [-0.25, -0.2) is 9.37 Å². The molecule has 0 unspecified atom stereocenters. The molecule has 106 valence electrons. The van der Waals surface area contributed by atoms with Crippen molar-refractivity contribution in [2.45, 2.75) is 0 Å². The van der Waals surface area contributed by atoms with Crippen molar-refractivity contribution in [1.29, 1.82) is 0 Å². The van der Waals surface area contributed by atoms with E-state index in [0.717, 1.165) is 16.3 Å². The van der Waals surface area contributed by atoms with Crippen molar-refractivity contribution in [3.63, 3.8) is 0 Å². The van der Waals surface area contributed by atoms with Crippen LogP contribution in [-0.2, 0) is 0 Å². The molecular formula is C14H11FN4OS. The third-order valence-electron chi connectivity index (χ3n) is 3.01. The number of carbonyl (C=O) groups excluding carboxylic acids is 1. The van der Waals surface area contributed by atoms with E-state index in [-0.39, 0.29) is 16.9 Å². The highest BCUT2D eigenvalue weighted by Gasteiger charge is 2.12. The first-order chi connectivity index (χ1) is 10.0. The van der Waals surface area contributed by atoms with Gasteiger partial charge in [-0.3, -0.25) is 4.79 Å². The van der Waals surface area contributed by atoms with E-state index < -0.39 is 11.7 Å². The summed E-state index contributed by atoms with van der Waals surface area (Å²) in [7, 11) is 0. The Morgan fingerprint density at radius 2 is 2.10 bits per heavy atom. The van der Waals surface area contributed by atoms with E-state index in [1.54, 1.807) is 11.6 Å². The van der Waals surface area contributed by atoms with Crippen molar-refractivity contribution in [1.82, 2.24) is 4.98 Å². The molecule has 1 aromatic heterocycles. The zero-order valence-corrected chi connectivity index (χ0v) is 11.6. The third kappa shape index (κ3) is 2.50. The van der Waals surface area contributed by atoms with Crippen LogP contribution in [0.1, 0.15) is 10.4 Å². The van der Waals surface area contributed by atoms with E-state index in [1.165, 1.54) is 17.4 Å². The maximum Gasteiger partial charge on any atom is 0.250 e. The van der Waals surface area contributed by atoms with E-state index in [0.29, 0.717) is 5.69 Å². The van der Waals surface area contributed by atoms with Gasteiger partial charge in [-0.1, -0.05) is 0 Å². The van der Waals surface area contributed by atoms with Crippen LogP contribution in [-0.4, -0.2) is 10.9 Å². The number of nitrogens with two attached hydrogens (primary N) is 2. The van der Waals surface area contributed by atoms with Gasteiger partial charge in [0.15, 0.2) is 0 Å². The zero-order valence-electron chi connectivity index (χ0n) is 10.8. The van der Waals surface area contributed by atoms with Crippen molar-refractivity contribution in [3.8, 4) is 0 Å². The molecule has 5 nitrogen and oxygen atoms in total. The van der Waals surface area contributed by atoms with Crippen LogP contribution in [0.15, 0.2) is 35.8 Å². The quantitative estimate of drug-likeness (QED) is 0.648. The average Bonchev–Trinajstić information content (AvgIpc) is 2.88. The monoisotopic (exact) mass is 302 g/mol. The molecule has 0 atom stereocenters. The van der Waals surface area contributed by atoms with Gasteiger partial charge >= 0.3 is 0 Å². The lowest BCUT2D eigenvalue weighted by Crippen LogP contribution is -2.14. The number of benzene rings is 2. The van der Waals surface area contributed by atoms with Gasteiger partial charge in [0.05, 0.1) is 27.0 Å². The topological polar surface area (TPSA) is 94.0 Å². The van der Waals surface area contributed by atoms with Gasteiger partial charge in [0, 0.05) is 11.4 Å². The zero-order chi connectivity index (χ0) is 15.0. The highest BCUT2D eigenvalue weighted by atomic mass is 32.1. The van der Waals surface area contributed by atoms with Gasteiger partial charge in [0.25, 0.3) is 5.91 Å². The summed E-state index contributed by atoms with van der Waals surface area (Å²) in [5, 5.41) is 2.92. The number of nitrogens with zero attached hydrogens (tertiary/aromatic N) is 1. The van der Waals surface area contributed by atoms with Crippen molar-refractivity contribution in [3.05, 3.63) is 47.2 Å². The number of rotatable bonds is 3. The number of aromatic nitrogens is 1. The number of carbonyl (C=O) groups is 1. The van der Waals surface area contributed by atoms with Crippen LogP contribution in [0.4, 0.5) is 21.5 Å². The molecule has 1 amide bonds. The van der Waals surface area contributed by atoms with Gasteiger partial charge in [0.1, 0.15) is 5.82 Å². The summed E-state index contributed by atoms with van der Waals surface area (Å²) >= 11 is 1.49. The summed E-state index contributed by atoms with van der Waals surface area (Å²) < 4.78 is 14.9. The Balaban J connectivity index is 2.00. The summed E-state index contributed by atoms with van der Waals surface area (Å²) in [5.41, 5.74) is 14.3. The van der Waals surface area contributed by atoms with Crippen molar-refractivity contribution >= 4 is 44.5 Å². The van der Waals surface area contributed by atoms with Gasteiger partial charge < -0.3 is 16.8 Å². The van der Waals surface area contributed by atoms with Crippen LogP contribution in [0.25, 0.3) is 10.2 Å². The molecule has 2 aromatic carbocycles. The number of hydrogen-bond acceptors (Lipinski definition) is 5. The van der Waals surface area contributed by atoms with Crippen molar-refractivity contribution in [2.24, 2.45) is 5.73 Å². The summed E-state index contributed by atoms with van der Waals surface area (Å²) in [6, 6.07) is 7.85. The van der Waals surface area contributed by atoms with Gasteiger partial charge in [-0.15, -0.1) is 11.3 Å². The number of thiazole rings is 1. The molecule has 7 heteroatoms. The molecule has 5 N–H and O–H groups in total. The summed E-state index contributed by atoms with van der Waals surface area (Å²) in [6.45, 7) is 0. The molecule has 0 radical (unpaired) electrons. The minimum Gasteiger partial charge on any atom is -0.398 e. The van der Waals surface area contributed by atoms with E-state index in [9.17, 15) is 9.18 Å². The van der Waals surface area contributed by atoms with Crippen molar-refractivity contribution in [2.75, 3.05) is 11.1 Å². The first kappa shape index (κ1) is 13.3. The number of fused-ring (bicyclic) bond motifs is 1. The highest BCUT2D eigenvalue weighted by Crippen LogP contribution is 2.28. The summed E-state index contributed by atoms with van der Waals surface area (Å²) in [5.74, 6) is -1.25. The minimum atomic E-state index is -0.701. The number of nitrogen functional groups attached to an aromatic ring is 1. The second-order valence-electron chi connectivity index (χ2n) is 4.44. The molecule has 0 saturated carbocycles. The van der Waals surface area contributed by atoms with Gasteiger partial charge in [-0.05, 0) is 30.3 Å². The van der Waals surface area contributed by atoms with Crippen LogP contribution in [0, 0.1) is 5.82 Å². The van der Waals surface area contributed by atoms with E-state index in [1.807, 2.05) is 12.1 Å². The first-order valence-corrected chi connectivity index (χ1v) is 6.91. The van der Waals surface area contributed by atoms with Crippen LogP contribution in [0.2, 0.25) is 0 Å². The van der Waals surface area contributed by atoms with E-state index in [4.69, 9.17) is 11.5 Å². The lowest BCUT2D eigenvalue weighted by atomic mass is 10.1. The smallest absolute Gasteiger partial charge is 0.250 e. The lowest BCUT2D eigenvalue weighted by molar-refractivity contribution is 0.100. The Labute approximate surface area is 123 Å². The fourth-order valence-electron chi connectivity index (χ4n) is 1.99. The van der Waals surface area contributed by atoms with Gasteiger partial charge in [0.2, 0.25) is 0 Å². The van der Waals surface area contributed by atoms with Crippen LogP contribution >= 0.6 is 11.3 Å². The predicted octanol–water partition coefficient (Wildman–Crippen LogP) is 2.86. The number of anilines is 3. The second kappa shape index (κ2) is 5.02. The first-order valence-electron chi connectivity index (χ1n) is 6.03. The molecule has 0 aliphatic heterocycles. The molecule has 1 heterocycles. The SMILES string of the molecule is NC(=O)c1cc(Nc2ccc3ncsc3c2)c(F)cc1N. The minimum absolute atomic E-state index is 0.0171. The van der Waals surface area contributed by atoms with E-state index in [2.05, 4.69) is 10.3 Å². The molecule has 0 spiro atoms. The Hall–Kier alpha value is -2.67. The lowest BCUT2D eigenvalue weighted by Gasteiger charge is -2.10. The Morgan fingerprint density at radius 1 is 1.29 bits per heavy atom. The number of nitrogens with one attached hydrogen (secondary N) is 1. The molecule has 0 saturated heterocycles. The fraction of sp³-hybridized carbons (Fsp3) is 0. The average molecular weight is 302 g/mol. The number of primary amides is 1. The van der Waals surface area contributed by atoms with Crippen LogP contribution < -0.4 is 16.8 Å². The van der Waals surface area contributed by atoms with Gasteiger partial charge in [-0.2, -0.15) is 0 Å². The molecular weight excluding hydrogens is 291 g/mol. The maximum absolute atomic E-state index is 13.9. The standard InChI is InChI=1S/C14H11FN4OS/c15-9-5-10(16)8(14(17)20)4-12(9)19-7-1-2-11-13(3-7)21-6-18-11/h1-6,19H,16H2,(H2,17,20). The molecule has 0 fully saturated rings. The van der Waals surface area contributed by atoms with E-state index >= 15 is 0 Å². The molecule has 3 aromatic rings. The summed E-state index contributed by atoms with van der Waals surface area (Å²) in [4.78, 5) is 15.4. The number of hydrogen-bond donors (Lipinski definition) is 3. The van der Waals surface area contributed by atoms with Crippen LogP contribution in [0.5, 0.6) is 0 Å². The molecule has 0 aliphatic rings. The molecule has 0 aliphatic carbocycles. The Bertz CT molecular complexity index is 846. The summed E-state index contributed by atoms with van der Waals surface area (Å²) in [6.07, 6.45) is 0. The highest BCUT2D eigenvalue weighted by molar-refractivity contribution is 7.16. The second-order valence-corrected chi connectivity index (χ2v) is 5.33. The normalized spacial score (nSPS) is 10.7. The predicted molar refractivity (Wildman–Crippen MR) is 82.2 cm³/mol. The Morgan fingerprint density at radius 3 is 2.86 bits per heavy atom. The largest absolute Gasteiger partial charge is 0.398 e. The third-order valence-corrected chi connectivity index (χ3v) is 3.81. The number of halogens is 1. The van der Waals surface area contributed by atoms with Crippen molar-refractivity contribution < 1.29 is 9.18 Å².